The quantitative estimate of drug-likeness (QED) is 0.475. The summed E-state index contributed by atoms with van der Waals surface area (Å²) in [6.45, 7) is 0.811. The smallest absolute Gasteiger partial charge is 0.253 e. The molecular weight excluding hydrogens is 427 g/mol. The molecule has 170 valence electrons. The molecule has 33 heavy (non-hydrogen) atoms. The first kappa shape index (κ1) is 22.1. The van der Waals surface area contributed by atoms with Gasteiger partial charge in [-0.15, -0.1) is 0 Å². The van der Waals surface area contributed by atoms with Gasteiger partial charge in [-0.2, -0.15) is 0 Å². The van der Waals surface area contributed by atoms with E-state index < -0.39 is 0 Å². The van der Waals surface area contributed by atoms with Crippen LogP contribution in [0.4, 0.5) is 10.1 Å². The molecule has 1 aliphatic heterocycles. The van der Waals surface area contributed by atoms with Crippen molar-refractivity contribution in [2.45, 2.75) is 19.4 Å². The van der Waals surface area contributed by atoms with Gasteiger partial charge in [0, 0.05) is 13.0 Å². The van der Waals surface area contributed by atoms with Crippen LogP contribution in [-0.4, -0.2) is 25.2 Å². The summed E-state index contributed by atoms with van der Waals surface area (Å²) < 4.78 is 29.1. The Morgan fingerprint density at radius 2 is 1.76 bits per heavy atom. The fourth-order valence-corrected chi connectivity index (χ4v) is 3.28. The Hall–Kier alpha value is -4.07. The average molecular weight is 450 g/mol. The zero-order valence-corrected chi connectivity index (χ0v) is 17.8. The lowest BCUT2D eigenvalue weighted by molar-refractivity contribution is -0.116. The molecule has 3 aromatic carbocycles. The van der Waals surface area contributed by atoms with Crippen molar-refractivity contribution in [3.63, 3.8) is 0 Å². The Bertz CT molecular complexity index is 1130. The minimum absolute atomic E-state index is 0.191. The van der Waals surface area contributed by atoms with Crippen LogP contribution in [0.1, 0.15) is 28.8 Å². The molecule has 0 aromatic heterocycles. The molecular formula is C25H23FN2O5. The Labute approximate surface area is 190 Å². The molecule has 3 aromatic rings. The van der Waals surface area contributed by atoms with Gasteiger partial charge in [0.05, 0.1) is 17.9 Å². The van der Waals surface area contributed by atoms with Crippen molar-refractivity contribution in [2.24, 2.45) is 0 Å². The average Bonchev–Trinajstić information content (AvgIpc) is 3.30. The number of anilines is 1. The highest BCUT2D eigenvalue weighted by atomic mass is 19.1. The first-order valence-corrected chi connectivity index (χ1v) is 10.5. The number of hydrogen-bond donors (Lipinski definition) is 2. The number of benzene rings is 3. The van der Waals surface area contributed by atoms with Crippen molar-refractivity contribution >= 4 is 17.5 Å². The highest BCUT2D eigenvalue weighted by molar-refractivity contribution is 6.03. The van der Waals surface area contributed by atoms with E-state index >= 15 is 0 Å². The lowest BCUT2D eigenvalue weighted by atomic mass is 10.1. The topological polar surface area (TPSA) is 85.9 Å². The molecule has 0 radical (unpaired) electrons. The summed E-state index contributed by atoms with van der Waals surface area (Å²) >= 11 is 0. The third-order valence-electron chi connectivity index (χ3n) is 4.97. The van der Waals surface area contributed by atoms with E-state index in [1.165, 1.54) is 24.3 Å². The Balaban J connectivity index is 1.26. The molecule has 0 saturated carbocycles. The maximum absolute atomic E-state index is 12.9. The summed E-state index contributed by atoms with van der Waals surface area (Å²) in [6.07, 6.45) is 0.691. The van der Waals surface area contributed by atoms with Gasteiger partial charge in [0.25, 0.3) is 5.91 Å². The predicted molar refractivity (Wildman–Crippen MR) is 120 cm³/mol. The molecule has 8 heteroatoms. The molecule has 0 aliphatic carbocycles. The van der Waals surface area contributed by atoms with Crippen LogP contribution in [0.15, 0.2) is 66.7 Å². The third-order valence-corrected chi connectivity index (χ3v) is 4.97. The number of hydrogen-bond acceptors (Lipinski definition) is 5. The van der Waals surface area contributed by atoms with Crippen LogP contribution in [-0.2, 0) is 11.3 Å². The molecule has 0 atom stereocenters. The van der Waals surface area contributed by atoms with Crippen molar-refractivity contribution in [1.29, 1.82) is 0 Å². The number of halogens is 1. The number of carbonyl (C=O) groups excluding carboxylic acids is 2. The zero-order chi connectivity index (χ0) is 23.0. The highest BCUT2D eigenvalue weighted by Crippen LogP contribution is 2.32. The molecule has 0 saturated heterocycles. The van der Waals surface area contributed by atoms with E-state index in [1.54, 1.807) is 30.3 Å². The Morgan fingerprint density at radius 3 is 2.61 bits per heavy atom. The van der Waals surface area contributed by atoms with Gasteiger partial charge in [-0.3, -0.25) is 9.59 Å². The molecule has 4 rings (SSSR count). The van der Waals surface area contributed by atoms with E-state index in [9.17, 15) is 14.0 Å². The van der Waals surface area contributed by atoms with Crippen LogP contribution in [0, 0.1) is 5.82 Å². The summed E-state index contributed by atoms with van der Waals surface area (Å²) in [7, 11) is 0. The predicted octanol–water partition coefficient (Wildman–Crippen LogP) is 4.28. The molecule has 1 heterocycles. The number of fused-ring (bicyclic) bond motifs is 1. The maximum atomic E-state index is 12.9. The highest BCUT2D eigenvalue weighted by Gasteiger charge is 2.15. The van der Waals surface area contributed by atoms with E-state index in [1.807, 2.05) is 12.1 Å². The van der Waals surface area contributed by atoms with Crippen molar-refractivity contribution < 1.29 is 28.2 Å². The van der Waals surface area contributed by atoms with Crippen LogP contribution >= 0.6 is 0 Å². The molecule has 0 unspecified atom stereocenters. The summed E-state index contributed by atoms with van der Waals surface area (Å²) in [5.74, 6) is 1.01. The van der Waals surface area contributed by atoms with E-state index in [-0.39, 0.29) is 30.8 Å². The fraction of sp³-hybridized carbons (Fsp3) is 0.200. The Morgan fingerprint density at radius 1 is 0.970 bits per heavy atom. The molecule has 0 bridgehead atoms. The van der Waals surface area contributed by atoms with E-state index in [4.69, 9.17) is 14.2 Å². The van der Waals surface area contributed by atoms with Gasteiger partial charge in [0.2, 0.25) is 12.7 Å². The van der Waals surface area contributed by atoms with Gasteiger partial charge in [-0.25, -0.2) is 4.39 Å². The summed E-state index contributed by atoms with van der Waals surface area (Å²) in [6, 6.07) is 18.0. The fourth-order valence-electron chi connectivity index (χ4n) is 3.28. The van der Waals surface area contributed by atoms with Crippen LogP contribution in [0.3, 0.4) is 0 Å². The van der Waals surface area contributed by atoms with Gasteiger partial charge in [0.15, 0.2) is 11.5 Å². The minimum atomic E-state index is -0.333. The Kier molecular flexibility index (Phi) is 7.04. The monoisotopic (exact) mass is 450 g/mol. The molecule has 1 aliphatic rings. The lowest BCUT2D eigenvalue weighted by Crippen LogP contribution is -2.25. The van der Waals surface area contributed by atoms with Gasteiger partial charge >= 0.3 is 0 Å². The number of ether oxygens (including phenoxy) is 3. The normalized spacial score (nSPS) is 11.7. The van der Waals surface area contributed by atoms with Crippen LogP contribution in [0.5, 0.6) is 17.2 Å². The van der Waals surface area contributed by atoms with E-state index in [2.05, 4.69) is 10.6 Å². The van der Waals surface area contributed by atoms with Gasteiger partial charge in [-0.1, -0.05) is 18.2 Å². The second-order valence-electron chi connectivity index (χ2n) is 7.37. The van der Waals surface area contributed by atoms with Crippen molar-refractivity contribution in [3.8, 4) is 17.2 Å². The van der Waals surface area contributed by atoms with Crippen molar-refractivity contribution in [1.82, 2.24) is 5.32 Å². The number of para-hydroxylation sites is 1. The first-order chi connectivity index (χ1) is 16.1. The van der Waals surface area contributed by atoms with Gasteiger partial charge in [0.1, 0.15) is 11.6 Å². The number of amides is 2. The maximum Gasteiger partial charge on any atom is 0.253 e. The van der Waals surface area contributed by atoms with Gasteiger partial charge < -0.3 is 24.8 Å². The summed E-state index contributed by atoms with van der Waals surface area (Å²) in [4.78, 5) is 25.1. The zero-order valence-electron chi connectivity index (χ0n) is 17.8. The van der Waals surface area contributed by atoms with Crippen molar-refractivity contribution in [3.05, 3.63) is 83.7 Å². The largest absolute Gasteiger partial charge is 0.494 e. The second-order valence-corrected chi connectivity index (χ2v) is 7.37. The van der Waals surface area contributed by atoms with Crippen LogP contribution in [0.25, 0.3) is 0 Å². The van der Waals surface area contributed by atoms with E-state index in [0.29, 0.717) is 48.1 Å². The van der Waals surface area contributed by atoms with Crippen LogP contribution in [0.2, 0.25) is 0 Å². The second kappa shape index (κ2) is 10.5. The van der Waals surface area contributed by atoms with Gasteiger partial charge in [-0.05, 0) is 60.5 Å². The first-order valence-electron chi connectivity index (χ1n) is 10.5. The number of nitrogens with one attached hydrogen (secondary N) is 2. The SMILES string of the molecule is O=C(CCCOc1ccc(F)cc1)Nc1ccccc1C(=O)NCc1ccc2c(c1)OCO2. The summed E-state index contributed by atoms with van der Waals surface area (Å²) in [5.41, 5.74) is 1.68. The lowest BCUT2D eigenvalue weighted by Gasteiger charge is -2.12. The van der Waals surface area contributed by atoms with Crippen molar-refractivity contribution in [2.75, 3.05) is 18.7 Å². The van der Waals surface area contributed by atoms with E-state index in [0.717, 1.165) is 5.56 Å². The molecule has 2 N–H and O–H groups in total. The number of rotatable bonds is 9. The standard InChI is InChI=1S/C25H23FN2O5/c26-18-8-10-19(11-9-18)31-13-3-6-24(29)28-21-5-2-1-4-20(21)25(30)27-15-17-7-12-22-23(14-17)33-16-32-22/h1-2,4-5,7-12,14H,3,6,13,15-16H2,(H,27,30)(H,28,29). The van der Waals surface area contributed by atoms with Crippen LogP contribution < -0.4 is 24.8 Å². The number of carbonyl (C=O) groups is 2. The molecule has 0 fully saturated rings. The molecule has 2 amide bonds. The third kappa shape index (κ3) is 6.00. The summed E-state index contributed by atoms with van der Waals surface area (Å²) in [5, 5.41) is 5.65. The molecule has 0 spiro atoms. The minimum Gasteiger partial charge on any atom is -0.494 e. The molecule has 7 nitrogen and oxygen atoms in total.